The number of nitrogens with one attached hydrogen (secondary N) is 2. The molecule has 1 heterocycles. The molecule has 1 saturated heterocycles. The third-order valence-corrected chi connectivity index (χ3v) is 5.01. The molecule has 0 spiro atoms. The minimum Gasteiger partial charge on any atom is -0.356 e. The van der Waals surface area contributed by atoms with E-state index in [-0.39, 0.29) is 30.1 Å². The summed E-state index contributed by atoms with van der Waals surface area (Å²) in [6.07, 6.45) is 2.33. The molecule has 5 nitrogen and oxygen atoms in total. The lowest BCUT2D eigenvalue weighted by molar-refractivity contribution is -0.126. The second-order valence-electron chi connectivity index (χ2n) is 7.13. The summed E-state index contributed by atoms with van der Waals surface area (Å²) in [6, 6.07) is 15.8. The van der Waals surface area contributed by atoms with Crippen LogP contribution in [0.15, 0.2) is 54.6 Å². The van der Waals surface area contributed by atoms with Gasteiger partial charge in [0.25, 0.3) is 0 Å². The van der Waals surface area contributed by atoms with E-state index < -0.39 is 0 Å². The number of likely N-dealkylation sites (tertiary alicyclic amines) is 1. The van der Waals surface area contributed by atoms with Crippen molar-refractivity contribution in [2.75, 3.05) is 31.5 Å². The van der Waals surface area contributed by atoms with Gasteiger partial charge in [0.05, 0.1) is 6.54 Å². The van der Waals surface area contributed by atoms with Crippen molar-refractivity contribution in [2.45, 2.75) is 19.3 Å². The monoisotopic (exact) mass is 383 g/mol. The molecule has 0 aliphatic carbocycles. The van der Waals surface area contributed by atoms with Gasteiger partial charge >= 0.3 is 0 Å². The van der Waals surface area contributed by atoms with Crippen LogP contribution in [0.1, 0.15) is 18.4 Å². The maximum atomic E-state index is 12.9. The third kappa shape index (κ3) is 6.16. The summed E-state index contributed by atoms with van der Waals surface area (Å²) >= 11 is 0. The van der Waals surface area contributed by atoms with E-state index in [4.69, 9.17) is 0 Å². The van der Waals surface area contributed by atoms with Gasteiger partial charge in [-0.3, -0.25) is 14.5 Å². The smallest absolute Gasteiger partial charge is 0.238 e. The number of carbonyl (C=O) groups is 2. The number of piperidine rings is 1. The number of benzene rings is 2. The van der Waals surface area contributed by atoms with Crippen molar-refractivity contribution in [3.05, 3.63) is 66.0 Å². The summed E-state index contributed by atoms with van der Waals surface area (Å²) in [5, 5.41) is 5.79. The van der Waals surface area contributed by atoms with Gasteiger partial charge in [-0.25, -0.2) is 4.39 Å². The molecule has 1 aliphatic rings. The molecule has 1 fully saturated rings. The summed E-state index contributed by atoms with van der Waals surface area (Å²) in [4.78, 5) is 26.5. The first-order valence-electron chi connectivity index (χ1n) is 9.69. The van der Waals surface area contributed by atoms with Crippen molar-refractivity contribution in [1.82, 2.24) is 10.2 Å². The van der Waals surface area contributed by atoms with Crippen LogP contribution in [0.25, 0.3) is 0 Å². The zero-order chi connectivity index (χ0) is 19.8. The van der Waals surface area contributed by atoms with Crippen molar-refractivity contribution in [3.8, 4) is 0 Å². The number of nitrogens with zero attached hydrogens (tertiary/aromatic N) is 1. The third-order valence-electron chi connectivity index (χ3n) is 5.01. The lowest BCUT2D eigenvalue weighted by Crippen LogP contribution is -2.43. The Kier molecular flexibility index (Phi) is 7.14. The van der Waals surface area contributed by atoms with Crippen LogP contribution in [-0.2, 0) is 16.0 Å². The van der Waals surface area contributed by atoms with Gasteiger partial charge in [-0.05, 0) is 62.2 Å². The van der Waals surface area contributed by atoms with E-state index in [0.717, 1.165) is 19.3 Å². The van der Waals surface area contributed by atoms with Crippen molar-refractivity contribution in [3.63, 3.8) is 0 Å². The summed E-state index contributed by atoms with van der Waals surface area (Å²) in [7, 11) is 0. The molecule has 0 unspecified atom stereocenters. The molecule has 2 N–H and O–H groups in total. The van der Waals surface area contributed by atoms with Crippen LogP contribution in [-0.4, -0.2) is 42.9 Å². The molecule has 0 bridgehead atoms. The van der Waals surface area contributed by atoms with Crippen molar-refractivity contribution >= 4 is 17.5 Å². The highest BCUT2D eigenvalue weighted by Crippen LogP contribution is 2.17. The summed E-state index contributed by atoms with van der Waals surface area (Å²) in [6.45, 7) is 2.35. The number of rotatable bonds is 7. The van der Waals surface area contributed by atoms with Gasteiger partial charge < -0.3 is 10.6 Å². The highest BCUT2D eigenvalue weighted by Gasteiger charge is 2.25. The molecular weight excluding hydrogens is 357 g/mol. The minimum absolute atomic E-state index is 0.00665. The van der Waals surface area contributed by atoms with Crippen LogP contribution >= 0.6 is 0 Å². The number of halogens is 1. The maximum Gasteiger partial charge on any atom is 0.238 e. The molecule has 0 aromatic heterocycles. The van der Waals surface area contributed by atoms with Gasteiger partial charge in [-0.15, -0.1) is 0 Å². The fraction of sp³-hybridized carbons (Fsp3) is 0.364. The van der Waals surface area contributed by atoms with Gasteiger partial charge in [-0.1, -0.05) is 30.3 Å². The topological polar surface area (TPSA) is 61.4 Å². The van der Waals surface area contributed by atoms with E-state index in [9.17, 15) is 14.0 Å². The molecule has 6 heteroatoms. The number of hydrogen-bond acceptors (Lipinski definition) is 3. The van der Waals surface area contributed by atoms with Crippen LogP contribution in [0, 0.1) is 11.7 Å². The number of carbonyl (C=O) groups excluding carboxylic acids is 2. The van der Waals surface area contributed by atoms with Gasteiger partial charge in [0.1, 0.15) is 5.82 Å². The average molecular weight is 383 g/mol. The molecule has 2 amide bonds. The predicted octanol–water partition coefficient (Wildman–Crippen LogP) is 2.84. The Morgan fingerprint density at radius 1 is 1.00 bits per heavy atom. The quantitative estimate of drug-likeness (QED) is 0.773. The molecule has 148 valence electrons. The largest absolute Gasteiger partial charge is 0.356 e. The van der Waals surface area contributed by atoms with E-state index >= 15 is 0 Å². The van der Waals surface area contributed by atoms with E-state index in [1.54, 1.807) is 12.1 Å². The van der Waals surface area contributed by atoms with Crippen LogP contribution in [0.4, 0.5) is 10.1 Å². The summed E-state index contributed by atoms with van der Waals surface area (Å²) in [5.74, 6) is -0.349. The van der Waals surface area contributed by atoms with Crippen LogP contribution in [0.5, 0.6) is 0 Å². The highest BCUT2D eigenvalue weighted by molar-refractivity contribution is 5.92. The zero-order valence-corrected chi connectivity index (χ0v) is 15.9. The molecule has 3 rings (SSSR count). The molecule has 2 aromatic carbocycles. The first kappa shape index (κ1) is 20.0. The standard InChI is InChI=1S/C22H26FN3O2/c23-19-6-8-20(9-7-19)25-21(27)16-26-14-11-18(12-15-26)22(28)24-13-10-17-4-2-1-3-5-17/h1-9,18H,10-16H2,(H,24,28)(H,25,27). The van der Waals surface area contributed by atoms with Gasteiger partial charge in [0, 0.05) is 18.2 Å². The second-order valence-corrected chi connectivity index (χ2v) is 7.13. The van der Waals surface area contributed by atoms with E-state index in [2.05, 4.69) is 22.8 Å². The Balaban J connectivity index is 1.34. The Bertz CT molecular complexity index is 772. The SMILES string of the molecule is O=C(CN1CCC(C(=O)NCCc2ccccc2)CC1)Nc1ccc(F)cc1. The van der Waals surface area contributed by atoms with Crippen molar-refractivity contribution in [1.29, 1.82) is 0 Å². The van der Waals surface area contributed by atoms with Crippen LogP contribution in [0.3, 0.4) is 0 Å². The summed E-state index contributed by atoms with van der Waals surface area (Å²) in [5.41, 5.74) is 1.80. The van der Waals surface area contributed by atoms with Gasteiger partial charge in [-0.2, -0.15) is 0 Å². The van der Waals surface area contributed by atoms with E-state index in [0.29, 0.717) is 25.3 Å². The van der Waals surface area contributed by atoms with Gasteiger partial charge in [0.2, 0.25) is 11.8 Å². The number of hydrogen-bond donors (Lipinski definition) is 2. The minimum atomic E-state index is -0.331. The molecular formula is C22H26FN3O2. The fourth-order valence-electron chi connectivity index (χ4n) is 3.41. The Morgan fingerprint density at radius 2 is 1.68 bits per heavy atom. The highest BCUT2D eigenvalue weighted by atomic mass is 19.1. The average Bonchev–Trinajstić information content (AvgIpc) is 2.71. The van der Waals surface area contributed by atoms with E-state index in [1.165, 1.54) is 17.7 Å². The molecule has 1 aliphatic heterocycles. The molecule has 0 radical (unpaired) electrons. The van der Waals surface area contributed by atoms with Gasteiger partial charge in [0.15, 0.2) is 0 Å². The molecule has 0 atom stereocenters. The lowest BCUT2D eigenvalue weighted by atomic mass is 9.96. The fourth-order valence-corrected chi connectivity index (χ4v) is 3.41. The predicted molar refractivity (Wildman–Crippen MR) is 107 cm³/mol. The zero-order valence-electron chi connectivity index (χ0n) is 15.9. The maximum absolute atomic E-state index is 12.9. The Labute approximate surface area is 164 Å². The first-order chi connectivity index (χ1) is 13.6. The first-order valence-corrected chi connectivity index (χ1v) is 9.69. The van der Waals surface area contributed by atoms with Crippen molar-refractivity contribution < 1.29 is 14.0 Å². The Hall–Kier alpha value is -2.73. The lowest BCUT2D eigenvalue weighted by Gasteiger charge is -2.30. The normalized spacial score (nSPS) is 15.2. The molecule has 0 saturated carbocycles. The number of anilines is 1. The molecule has 2 aromatic rings. The van der Waals surface area contributed by atoms with Crippen molar-refractivity contribution in [2.24, 2.45) is 5.92 Å². The van der Waals surface area contributed by atoms with Crippen LogP contribution in [0.2, 0.25) is 0 Å². The molecule has 28 heavy (non-hydrogen) atoms. The van der Waals surface area contributed by atoms with Crippen LogP contribution < -0.4 is 10.6 Å². The second kappa shape index (κ2) is 9.99. The summed E-state index contributed by atoms with van der Waals surface area (Å²) < 4.78 is 12.9. The number of amides is 2. The van der Waals surface area contributed by atoms with E-state index in [1.807, 2.05) is 23.1 Å². The Morgan fingerprint density at radius 3 is 2.36 bits per heavy atom.